The standard InChI is InChI=1S/C22H24N4O4S/c1-16-8-10-17(11-9-16)21-23-20(30-24-21)15-25(2)22(27)18-6-5-7-19(14-18)26-12-3-4-13-31(26,28)29/h5-11,14H,3-4,12-13,15H2,1-2H3. The molecule has 1 fully saturated rings. The first-order chi connectivity index (χ1) is 14.8. The lowest BCUT2D eigenvalue weighted by atomic mass is 10.1. The van der Waals surface area contributed by atoms with Gasteiger partial charge in [0.1, 0.15) is 0 Å². The molecule has 2 heterocycles. The maximum atomic E-state index is 12.9. The number of sulfonamides is 1. The minimum absolute atomic E-state index is 0.131. The molecule has 1 aromatic heterocycles. The molecule has 0 aliphatic carbocycles. The zero-order valence-electron chi connectivity index (χ0n) is 17.5. The fourth-order valence-electron chi connectivity index (χ4n) is 3.51. The van der Waals surface area contributed by atoms with Gasteiger partial charge in [0.05, 0.1) is 18.0 Å². The Morgan fingerprint density at radius 2 is 1.94 bits per heavy atom. The molecule has 1 saturated heterocycles. The van der Waals surface area contributed by atoms with Crippen molar-refractivity contribution < 1.29 is 17.7 Å². The molecule has 0 bridgehead atoms. The monoisotopic (exact) mass is 440 g/mol. The highest BCUT2D eigenvalue weighted by atomic mass is 32.2. The lowest BCUT2D eigenvalue weighted by Gasteiger charge is -2.28. The van der Waals surface area contributed by atoms with E-state index in [9.17, 15) is 13.2 Å². The molecule has 0 unspecified atom stereocenters. The van der Waals surface area contributed by atoms with Crippen LogP contribution in [0.4, 0.5) is 5.69 Å². The first kappa shape index (κ1) is 21.0. The van der Waals surface area contributed by atoms with Crippen molar-refractivity contribution in [3.8, 4) is 11.4 Å². The van der Waals surface area contributed by atoms with Crippen molar-refractivity contribution in [1.29, 1.82) is 0 Å². The molecule has 162 valence electrons. The second-order valence-electron chi connectivity index (χ2n) is 7.68. The van der Waals surface area contributed by atoms with Gasteiger partial charge in [-0.2, -0.15) is 4.98 Å². The number of amides is 1. The summed E-state index contributed by atoms with van der Waals surface area (Å²) in [7, 11) is -1.70. The zero-order chi connectivity index (χ0) is 22.0. The van der Waals surface area contributed by atoms with E-state index in [2.05, 4.69) is 10.1 Å². The highest BCUT2D eigenvalue weighted by molar-refractivity contribution is 7.92. The van der Waals surface area contributed by atoms with Gasteiger partial charge in [-0.05, 0) is 38.0 Å². The first-order valence-electron chi connectivity index (χ1n) is 10.1. The van der Waals surface area contributed by atoms with Crippen molar-refractivity contribution in [2.45, 2.75) is 26.3 Å². The van der Waals surface area contributed by atoms with E-state index in [0.29, 0.717) is 35.9 Å². The predicted molar refractivity (Wildman–Crippen MR) is 117 cm³/mol. The number of aromatic nitrogens is 2. The normalized spacial score (nSPS) is 15.6. The van der Waals surface area contributed by atoms with E-state index in [1.54, 1.807) is 31.3 Å². The highest BCUT2D eigenvalue weighted by Crippen LogP contribution is 2.25. The van der Waals surface area contributed by atoms with Crippen LogP contribution < -0.4 is 4.31 Å². The van der Waals surface area contributed by atoms with Gasteiger partial charge in [0, 0.05) is 24.7 Å². The van der Waals surface area contributed by atoms with Crippen molar-refractivity contribution in [3.05, 3.63) is 65.5 Å². The van der Waals surface area contributed by atoms with Gasteiger partial charge < -0.3 is 9.42 Å². The van der Waals surface area contributed by atoms with Crippen molar-refractivity contribution in [3.63, 3.8) is 0 Å². The van der Waals surface area contributed by atoms with Gasteiger partial charge in [0.25, 0.3) is 5.91 Å². The summed E-state index contributed by atoms with van der Waals surface area (Å²) in [5.74, 6) is 0.659. The van der Waals surface area contributed by atoms with E-state index in [1.165, 1.54) is 9.21 Å². The molecule has 0 N–H and O–H groups in total. The van der Waals surface area contributed by atoms with Crippen LogP contribution in [0.25, 0.3) is 11.4 Å². The minimum Gasteiger partial charge on any atom is -0.337 e. The van der Waals surface area contributed by atoms with E-state index in [1.807, 2.05) is 31.2 Å². The van der Waals surface area contributed by atoms with Crippen LogP contribution >= 0.6 is 0 Å². The van der Waals surface area contributed by atoms with Gasteiger partial charge >= 0.3 is 0 Å². The number of rotatable bonds is 5. The largest absolute Gasteiger partial charge is 0.337 e. The molecule has 4 rings (SSSR count). The molecular formula is C22H24N4O4S. The summed E-state index contributed by atoms with van der Waals surface area (Å²) < 4.78 is 31.5. The maximum Gasteiger partial charge on any atom is 0.254 e. The van der Waals surface area contributed by atoms with Gasteiger partial charge in [-0.25, -0.2) is 8.42 Å². The Bertz CT molecular complexity index is 1190. The van der Waals surface area contributed by atoms with Crippen LogP contribution in [0, 0.1) is 6.92 Å². The molecule has 2 aromatic carbocycles. The molecule has 9 heteroatoms. The average molecular weight is 441 g/mol. The van der Waals surface area contributed by atoms with Crippen LogP contribution in [-0.4, -0.2) is 48.7 Å². The minimum atomic E-state index is -3.34. The Morgan fingerprint density at radius 3 is 2.68 bits per heavy atom. The molecule has 1 aliphatic heterocycles. The van der Waals surface area contributed by atoms with Crippen LogP contribution in [0.15, 0.2) is 53.1 Å². The van der Waals surface area contributed by atoms with Crippen LogP contribution in [0.3, 0.4) is 0 Å². The van der Waals surface area contributed by atoms with Gasteiger partial charge in [-0.1, -0.05) is 41.1 Å². The third kappa shape index (κ3) is 4.61. The molecule has 8 nitrogen and oxygen atoms in total. The Hall–Kier alpha value is -3.20. The highest BCUT2D eigenvalue weighted by Gasteiger charge is 2.27. The molecule has 3 aromatic rings. The SMILES string of the molecule is Cc1ccc(-c2noc(CN(C)C(=O)c3cccc(N4CCCCS4(=O)=O)c3)n2)cc1. The lowest BCUT2D eigenvalue weighted by Crippen LogP contribution is -2.38. The molecule has 0 saturated carbocycles. The fraction of sp³-hybridized carbons (Fsp3) is 0.318. The summed E-state index contributed by atoms with van der Waals surface area (Å²) >= 11 is 0. The second kappa shape index (κ2) is 8.50. The summed E-state index contributed by atoms with van der Waals surface area (Å²) in [6.45, 7) is 2.57. The van der Waals surface area contributed by atoms with Crippen molar-refractivity contribution in [2.24, 2.45) is 0 Å². The average Bonchev–Trinajstić information content (AvgIpc) is 3.22. The lowest BCUT2D eigenvalue weighted by molar-refractivity contribution is 0.0769. The summed E-state index contributed by atoms with van der Waals surface area (Å²) in [6, 6.07) is 14.5. The summed E-state index contributed by atoms with van der Waals surface area (Å²) in [6.07, 6.45) is 1.47. The van der Waals surface area contributed by atoms with E-state index in [-0.39, 0.29) is 18.2 Å². The summed E-state index contributed by atoms with van der Waals surface area (Å²) in [5, 5.41) is 4.00. The molecule has 1 aliphatic rings. The number of benzene rings is 2. The van der Waals surface area contributed by atoms with E-state index in [0.717, 1.165) is 17.5 Å². The summed E-state index contributed by atoms with van der Waals surface area (Å²) in [4.78, 5) is 18.8. The Morgan fingerprint density at radius 1 is 1.16 bits per heavy atom. The molecule has 31 heavy (non-hydrogen) atoms. The number of carbonyl (C=O) groups is 1. The van der Waals surface area contributed by atoms with Crippen LogP contribution in [-0.2, 0) is 16.6 Å². The number of nitrogens with zero attached hydrogens (tertiary/aromatic N) is 4. The van der Waals surface area contributed by atoms with Crippen LogP contribution in [0.5, 0.6) is 0 Å². The Labute approximate surface area is 181 Å². The van der Waals surface area contributed by atoms with E-state index >= 15 is 0 Å². The number of carbonyl (C=O) groups excluding carboxylic acids is 1. The van der Waals surface area contributed by atoms with Crippen LogP contribution in [0.1, 0.15) is 34.7 Å². The zero-order valence-corrected chi connectivity index (χ0v) is 18.3. The molecule has 1 amide bonds. The predicted octanol–water partition coefficient (Wildman–Crippen LogP) is 3.25. The Balaban J connectivity index is 1.48. The number of hydrogen-bond donors (Lipinski definition) is 0. The quantitative estimate of drug-likeness (QED) is 0.604. The van der Waals surface area contributed by atoms with Gasteiger partial charge in [0.2, 0.25) is 21.7 Å². The van der Waals surface area contributed by atoms with E-state index < -0.39 is 10.0 Å². The van der Waals surface area contributed by atoms with Crippen molar-refractivity contribution in [2.75, 3.05) is 23.7 Å². The number of hydrogen-bond acceptors (Lipinski definition) is 6. The van der Waals surface area contributed by atoms with Gasteiger partial charge in [0.15, 0.2) is 0 Å². The van der Waals surface area contributed by atoms with Crippen molar-refractivity contribution in [1.82, 2.24) is 15.0 Å². The fourth-order valence-corrected chi connectivity index (χ4v) is 5.14. The van der Waals surface area contributed by atoms with Crippen molar-refractivity contribution >= 4 is 21.6 Å². The van der Waals surface area contributed by atoms with Gasteiger partial charge in [-0.3, -0.25) is 9.10 Å². The smallest absolute Gasteiger partial charge is 0.254 e. The third-order valence-electron chi connectivity index (χ3n) is 5.23. The number of anilines is 1. The third-order valence-corrected chi connectivity index (χ3v) is 7.10. The molecular weight excluding hydrogens is 416 g/mol. The maximum absolute atomic E-state index is 12.9. The second-order valence-corrected chi connectivity index (χ2v) is 9.70. The Kier molecular flexibility index (Phi) is 5.77. The number of aryl methyl sites for hydroxylation is 1. The topological polar surface area (TPSA) is 96.6 Å². The first-order valence-corrected chi connectivity index (χ1v) is 11.7. The van der Waals surface area contributed by atoms with Crippen LogP contribution in [0.2, 0.25) is 0 Å². The molecule has 0 atom stereocenters. The van der Waals surface area contributed by atoms with E-state index in [4.69, 9.17) is 4.52 Å². The summed E-state index contributed by atoms with van der Waals surface area (Å²) in [5.41, 5.74) is 2.89. The molecule has 0 radical (unpaired) electrons. The molecule has 0 spiro atoms. The van der Waals surface area contributed by atoms with Gasteiger partial charge in [-0.15, -0.1) is 0 Å².